The third-order valence-corrected chi connectivity index (χ3v) is 7.84. The molecule has 0 aliphatic carbocycles. The van der Waals surface area contributed by atoms with E-state index in [1.807, 2.05) is 62.4 Å². The average molecular weight is 515 g/mol. The van der Waals surface area contributed by atoms with Crippen LogP contribution in [0.2, 0.25) is 0 Å². The van der Waals surface area contributed by atoms with E-state index in [0.29, 0.717) is 12.2 Å². The molecule has 0 radical (unpaired) electrons. The molecule has 4 rings (SSSR count). The maximum absolute atomic E-state index is 11.8. The van der Waals surface area contributed by atoms with Crippen LogP contribution in [0.25, 0.3) is 0 Å². The van der Waals surface area contributed by atoms with E-state index in [0.717, 1.165) is 31.8 Å². The van der Waals surface area contributed by atoms with Crippen LogP contribution < -0.4 is 10.6 Å². The quantitative estimate of drug-likeness (QED) is 0.361. The minimum absolute atomic E-state index is 0.00425. The van der Waals surface area contributed by atoms with Crippen LogP contribution in [0.4, 0.5) is 10.5 Å². The van der Waals surface area contributed by atoms with Gasteiger partial charge in [-0.1, -0.05) is 66.4 Å². The van der Waals surface area contributed by atoms with Crippen molar-refractivity contribution in [2.45, 2.75) is 50.2 Å². The standard InChI is InChI=1S/C25H30N4O4S2/c1-4-26-24(31)27-20-11-9-19(10-12-20)23-32-21(14-34-25-29-28-16(3)35-25)15(2)22(33-23)18-7-5-17(13-30)6-8-18/h5-12,15,21-23,30H,4,13-14H2,1-3H3,(H2,26,27,31)/t15-,21+,22+,23+/m0/s1. The predicted molar refractivity (Wildman–Crippen MR) is 137 cm³/mol. The number of nitrogens with one attached hydrogen (secondary N) is 2. The van der Waals surface area contributed by atoms with E-state index in [2.05, 4.69) is 27.8 Å². The number of anilines is 1. The highest BCUT2D eigenvalue weighted by Gasteiger charge is 2.38. The summed E-state index contributed by atoms with van der Waals surface area (Å²) in [6, 6.07) is 15.1. The molecule has 0 saturated carbocycles. The fraction of sp³-hybridized carbons (Fsp3) is 0.400. The first-order valence-corrected chi connectivity index (χ1v) is 13.4. The summed E-state index contributed by atoms with van der Waals surface area (Å²) in [5, 5.41) is 24.2. The Labute approximate surface area is 213 Å². The number of nitrogens with zero attached hydrogens (tertiary/aromatic N) is 2. The van der Waals surface area contributed by atoms with E-state index in [9.17, 15) is 9.90 Å². The summed E-state index contributed by atoms with van der Waals surface area (Å²) in [5.74, 6) is 0.809. The monoisotopic (exact) mass is 514 g/mol. The van der Waals surface area contributed by atoms with Crippen LogP contribution in [0, 0.1) is 12.8 Å². The fourth-order valence-electron chi connectivity index (χ4n) is 3.86. The zero-order chi connectivity index (χ0) is 24.8. The summed E-state index contributed by atoms with van der Waals surface area (Å²) in [4.78, 5) is 11.8. The number of carbonyl (C=O) groups is 1. The molecule has 1 saturated heterocycles. The summed E-state index contributed by atoms with van der Waals surface area (Å²) in [7, 11) is 0. The van der Waals surface area contributed by atoms with Gasteiger partial charge in [-0.05, 0) is 37.1 Å². The Bertz CT molecular complexity index is 1110. The number of aryl methyl sites for hydroxylation is 1. The van der Waals surface area contributed by atoms with E-state index in [1.165, 1.54) is 0 Å². The summed E-state index contributed by atoms with van der Waals surface area (Å²) >= 11 is 3.22. The van der Waals surface area contributed by atoms with Crippen LogP contribution in [0.15, 0.2) is 52.9 Å². The van der Waals surface area contributed by atoms with Crippen LogP contribution >= 0.6 is 23.1 Å². The summed E-state index contributed by atoms with van der Waals surface area (Å²) in [6.07, 6.45) is -0.830. The van der Waals surface area contributed by atoms with Gasteiger partial charge < -0.3 is 25.2 Å². The van der Waals surface area contributed by atoms with E-state index < -0.39 is 6.29 Å². The van der Waals surface area contributed by atoms with Gasteiger partial charge in [0.25, 0.3) is 0 Å². The molecule has 1 aromatic heterocycles. The molecule has 0 bridgehead atoms. The van der Waals surface area contributed by atoms with Gasteiger partial charge in [-0.3, -0.25) is 0 Å². The number of hydrogen-bond donors (Lipinski definition) is 3. The van der Waals surface area contributed by atoms with Gasteiger partial charge >= 0.3 is 6.03 Å². The van der Waals surface area contributed by atoms with Crippen LogP contribution in [0.3, 0.4) is 0 Å². The molecule has 10 heteroatoms. The molecule has 35 heavy (non-hydrogen) atoms. The molecule has 1 aliphatic rings. The highest BCUT2D eigenvalue weighted by molar-refractivity contribution is 8.01. The van der Waals surface area contributed by atoms with Gasteiger partial charge in [-0.2, -0.15) is 0 Å². The first-order valence-electron chi connectivity index (χ1n) is 11.5. The Morgan fingerprint density at radius 1 is 1.09 bits per heavy atom. The van der Waals surface area contributed by atoms with Gasteiger partial charge in [0.15, 0.2) is 10.6 Å². The molecule has 2 aromatic carbocycles. The first-order chi connectivity index (χ1) is 17.0. The zero-order valence-electron chi connectivity index (χ0n) is 19.9. The second-order valence-electron chi connectivity index (χ2n) is 8.33. The summed E-state index contributed by atoms with van der Waals surface area (Å²) < 4.78 is 13.8. The van der Waals surface area contributed by atoms with Crippen LogP contribution in [-0.2, 0) is 16.1 Å². The molecule has 0 unspecified atom stereocenters. The molecule has 2 heterocycles. The second kappa shape index (κ2) is 12.0. The third kappa shape index (κ3) is 6.59. The topological polar surface area (TPSA) is 106 Å². The third-order valence-electron chi connectivity index (χ3n) is 5.78. The normalized spacial score (nSPS) is 22.1. The van der Waals surface area contributed by atoms with Crippen molar-refractivity contribution >= 4 is 34.8 Å². The van der Waals surface area contributed by atoms with Crippen molar-refractivity contribution < 1.29 is 19.4 Å². The number of aromatic nitrogens is 2. The smallest absolute Gasteiger partial charge is 0.319 e. The number of thioether (sulfide) groups is 1. The number of ether oxygens (including phenoxy) is 2. The van der Waals surface area contributed by atoms with Crippen molar-refractivity contribution in [3.05, 3.63) is 70.2 Å². The van der Waals surface area contributed by atoms with Gasteiger partial charge in [0, 0.05) is 29.5 Å². The molecule has 3 N–H and O–H groups in total. The lowest BCUT2D eigenvalue weighted by molar-refractivity contribution is -0.268. The zero-order valence-corrected chi connectivity index (χ0v) is 21.6. The van der Waals surface area contributed by atoms with Crippen molar-refractivity contribution in [3.63, 3.8) is 0 Å². The molecule has 4 atom stereocenters. The average Bonchev–Trinajstić information content (AvgIpc) is 3.29. The van der Waals surface area contributed by atoms with Gasteiger partial charge in [0.2, 0.25) is 0 Å². The number of aliphatic hydroxyl groups is 1. The van der Waals surface area contributed by atoms with Crippen molar-refractivity contribution in [2.75, 3.05) is 17.6 Å². The lowest BCUT2D eigenvalue weighted by atomic mass is 9.91. The number of rotatable bonds is 8. The van der Waals surface area contributed by atoms with Crippen molar-refractivity contribution in [1.29, 1.82) is 0 Å². The maximum atomic E-state index is 11.8. The number of hydrogen-bond acceptors (Lipinski definition) is 8. The van der Waals surface area contributed by atoms with Crippen LogP contribution in [0.5, 0.6) is 0 Å². The predicted octanol–water partition coefficient (Wildman–Crippen LogP) is 5.06. The maximum Gasteiger partial charge on any atom is 0.319 e. The molecule has 1 aliphatic heterocycles. The Morgan fingerprint density at radius 3 is 2.43 bits per heavy atom. The SMILES string of the molecule is CCNC(=O)Nc1ccc([C@@H]2O[C@H](CSc3nnc(C)s3)[C@H](C)[C@H](c3ccc(CO)cc3)O2)cc1. The Hall–Kier alpha value is -2.50. The number of carbonyl (C=O) groups excluding carboxylic acids is 1. The molecule has 2 amide bonds. The highest BCUT2D eigenvalue weighted by Crippen LogP contribution is 2.43. The Balaban J connectivity index is 1.53. The molecule has 186 valence electrons. The molecular weight excluding hydrogens is 484 g/mol. The molecule has 0 spiro atoms. The van der Waals surface area contributed by atoms with E-state index >= 15 is 0 Å². The van der Waals surface area contributed by atoms with Gasteiger partial charge in [-0.15, -0.1) is 10.2 Å². The van der Waals surface area contributed by atoms with Crippen LogP contribution in [0.1, 0.15) is 47.9 Å². The van der Waals surface area contributed by atoms with Crippen molar-refractivity contribution in [3.8, 4) is 0 Å². The number of benzene rings is 2. The first kappa shape index (κ1) is 25.6. The van der Waals surface area contributed by atoms with Gasteiger partial charge in [0.1, 0.15) is 5.01 Å². The Kier molecular flexibility index (Phi) is 8.74. The largest absolute Gasteiger partial charge is 0.392 e. The van der Waals surface area contributed by atoms with E-state index in [1.54, 1.807) is 23.1 Å². The molecule has 3 aromatic rings. The lowest BCUT2D eigenvalue weighted by Crippen LogP contribution is -2.38. The van der Waals surface area contributed by atoms with Crippen molar-refractivity contribution in [1.82, 2.24) is 15.5 Å². The highest BCUT2D eigenvalue weighted by atomic mass is 32.2. The second-order valence-corrected chi connectivity index (χ2v) is 10.8. The molecular formula is C25H30N4O4S2. The Morgan fingerprint density at radius 2 is 1.80 bits per heavy atom. The fourth-order valence-corrected chi connectivity index (χ4v) is 5.86. The van der Waals surface area contributed by atoms with E-state index in [4.69, 9.17) is 9.47 Å². The minimum atomic E-state index is -0.561. The van der Waals surface area contributed by atoms with E-state index in [-0.39, 0.29) is 30.8 Å². The van der Waals surface area contributed by atoms with Gasteiger partial charge in [0.05, 0.1) is 18.8 Å². The van der Waals surface area contributed by atoms with Crippen molar-refractivity contribution in [2.24, 2.45) is 5.92 Å². The van der Waals surface area contributed by atoms with Gasteiger partial charge in [-0.25, -0.2) is 4.79 Å². The number of urea groups is 1. The summed E-state index contributed by atoms with van der Waals surface area (Å²) in [6.45, 7) is 6.52. The molecule has 1 fully saturated rings. The number of amides is 2. The van der Waals surface area contributed by atoms with Crippen LogP contribution in [-0.4, -0.2) is 39.7 Å². The minimum Gasteiger partial charge on any atom is -0.392 e. The summed E-state index contributed by atoms with van der Waals surface area (Å²) in [5.41, 5.74) is 3.47. The number of aliphatic hydroxyl groups excluding tert-OH is 1. The molecule has 8 nitrogen and oxygen atoms in total. The lowest BCUT2D eigenvalue weighted by Gasteiger charge is -2.41.